The van der Waals surface area contributed by atoms with Crippen molar-refractivity contribution in [3.63, 3.8) is 0 Å². The number of hydrogen-bond acceptors (Lipinski definition) is 2. The molecule has 0 aliphatic carbocycles. The zero-order valence-electron chi connectivity index (χ0n) is 13.1. The van der Waals surface area contributed by atoms with E-state index in [0.717, 1.165) is 38.4 Å². The minimum Gasteiger partial charge on any atom is -0.494 e. The third-order valence-electron chi connectivity index (χ3n) is 3.27. The number of nitrogens with zero attached hydrogens (tertiary/aromatic N) is 1. The van der Waals surface area contributed by atoms with Crippen molar-refractivity contribution in [1.29, 1.82) is 0 Å². The Morgan fingerprint density at radius 1 is 1.14 bits per heavy atom. The van der Waals surface area contributed by atoms with Gasteiger partial charge in [-0.05, 0) is 42.6 Å². The maximum Gasteiger partial charge on any atom is 0.119 e. The molecule has 21 heavy (non-hydrogen) atoms. The Morgan fingerprint density at radius 3 is 2.71 bits per heavy atom. The molecule has 0 aliphatic rings. The number of para-hydroxylation sites is 1. The zero-order chi connectivity index (χ0) is 14.9. The van der Waals surface area contributed by atoms with Gasteiger partial charge in [0.15, 0.2) is 0 Å². The molecule has 0 saturated carbocycles. The van der Waals surface area contributed by atoms with Crippen LogP contribution in [0.25, 0.3) is 0 Å². The highest BCUT2D eigenvalue weighted by Gasteiger charge is 1.99. The molecule has 3 nitrogen and oxygen atoms in total. The van der Waals surface area contributed by atoms with E-state index in [4.69, 9.17) is 4.74 Å². The van der Waals surface area contributed by atoms with Gasteiger partial charge in [0.25, 0.3) is 0 Å². The van der Waals surface area contributed by atoms with Gasteiger partial charge in [-0.1, -0.05) is 32.0 Å². The van der Waals surface area contributed by atoms with Crippen molar-refractivity contribution < 1.29 is 4.74 Å². The first kappa shape index (κ1) is 15.6. The van der Waals surface area contributed by atoms with E-state index in [1.165, 1.54) is 5.56 Å². The van der Waals surface area contributed by atoms with Crippen LogP contribution in [0.2, 0.25) is 0 Å². The van der Waals surface area contributed by atoms with Gasteiger partial charge < -0.3 is 14.6 Å². The molecule has 0 unspecified atom stereocenters. The molecule has 1 aromatic heterocycles. The largest absolute Gasteiger partial charge is 0.494 e. The lowest BCUT2D eigenvalue weighted by Crippen LogP contribution is -2.18. The van der Waals surface area contributed by atoms with Gasteiger partial charge in [-0.3, -0.25) is 0 Å². The van der Waals surface area contributed by atoms with Crippen LogP contribution in [0.5, 0.6) is 5.75 Å². The normalized spacial score (nSPS) is 11.0. The Kier molecular flexibility index (Phi) is 6.35. The van der Waals surface area contributed by atoms with Gasteiger partial charge in [0.1, 0.15) is 5.75 Å². The predicted octanol–water partition coefficient (Wildman–Crippen LogP) is 3.70. The smallest absolute Gasteiger partial charge is 0.119 e. The maximum absolute atomic E-state index is 5.70. The molecule has 0 aliphatic heterocycles. The van der Waals surface area contributed by atoms with Crippen molar-refractivity contribution in [2.24, 2.45) is 5.92 Å². The van der Waals surface area contributed by atoms with Gasteiger partial charge in [0.2, 0.25) is 0 Å². The molecule has 0 amide bonds. The first-order chi connectivity index (χ1) is 10.2. The van der Waals surface area contributed by atoms with Crippen LogP contribution in [0.3, 0.4) is 0 Å². The topological polar surface area (TPSA) is 26.2 Å². The summed E-state index contributed by atoms with van der Waals surface area (Å²) in [5, 5.41) is 3.47. The van der Waals surface area contributed by atoms with E-state index in [9.17, 15) is 0 Å². The highest BCUT2D eigenvalue weighted by Crippen LogP contribution is 2.09. The monoisotopic (exact) mass is 286 g/mol. The number of rotatable bonds is 9. The highest BCUT2D eigenvalue weighted by atomic mass is 16.5. The third-order valence-corrected chi connectivity index (χ3v) is 3.27. The van der Waals surface area contributed by atoms with Crippen LogP contribution in [-0.2, 0) is 13.1 Å². The summed E-state index contributed by atoms with van der Waals surface area (Å²) in [7, 11) is 0. The summed E-state index contributed by atoms with van der Waals surface area (Å²) in [6.45, 7) is 8.22. The van der Waals surface area contributed by atoms with Crippen molar-refractivity contribution >= 4 is 0 Å². The fraction of sp³-hybridized carbons (Fsp3) is 0.444. The van der Waals surface area contributed by atoms with Gasteiger partial charge >= 0.3 is 0 Å². The molecule has 0 bridgehead atoms. The summed E-state index contributed by atoms with van der Waals surface area (Å²) in [6.07, 6.45) is 5.38. The first-order valence-corrected chi connectivity index (χ1v) is 7.77. The lowest BCUT2D eigenvalue weighted by Gasteiger charge is -2.07. The summed E-state index contributed by atoms with van der Waals surface area (Å²) in [5.74, 6) is 1.64. The van der Waals surface area contributed by atoms with Gasteiger partial charge in [-0.25, -0.2) is 0 Å². The van der Waals surface area contributed by atoms with Gasteiger partial charge in [-0.2, -0.15) is 0 Å². The average Bonchev–Trinajstić information content (AvgIpc) is 2.92. The Bertz CT molecular complexity index is 505. The van der Waals surface area contributed by atoms with E-state index in [0.29, 0.717) is 5.92 Å². The molecule has 0 fully saturated rings. The fourth-order valence-corrected chi connectivity index (χ4v) is 2.19. The van der Waals surface area contributed by atoms with E-state index in [-0.39, 0.29) is 0 Å². The lowest BCUT2D eigenvalue weighted by atomic mass is 10.2. The van der Waals surface area contributed by atoms with Crippen molar-refractivity contribution in [2.75, 3.05) is 13.2 Å². The van der Waals surface area contributed by atoms with E-state index in [2.05, 4.69) is 42.2 Å². The first-order valence-electron chi connectivity index (χ1n) is 7.77. The lowest BCUT2D eigenvalue weighted by molar-refractivity contribution is 0.302. The Balaban J connectivity index is 1.63. The number of aromatic nitrogens is 1. The highest BCUT2D eigenvalue weighted by molar-refractivity contribution is 5.20. The molecule has 3 heteroatoms. The van der Waals surface area contributed by atoms with E-state index >= 15 is 0 Å². The van der Waals surface area contributed by atoms with Crippen LogP contribution < -0.4 is 10.1 Å². The van der Waals surface area contributed by atoms with Crippen LogP contribution in [0, 0.1) is 5.92 Å². The van der Waals surface area contributed by atoms with Crippen LogP contribution in [0.1, 0.15) is 25.8 Å². The zero-order valence-corrected chi connectivity index (χ0v) is 13.1. The molecule has 2 aromatic rings. The van der Waals surface area contributed by atoms with Crippen LogP contribution >= 0.6 is 0 Å². The Labute approximate surface area is 127 Å². The van der Waals surface area contributed by atoms with Crippen LogP contribution in [-0.4, -0.2) is 17.7 Å². The third kappa shape index (κ3) is 6.05. The van der Waals surface area contributed by atoms with Crippen molar-refractivity contribution in [3.8, 4) is 5.75 Å². The SMILES string of the molecule is CC(C)CNCc1ccn(CCCOc2ccccc2)c1. The summed E-state index contributed by atoms with van der Waals surface area (Å²) in [5.41, 5.74) is 1.35. The van der Waals surface area contributed by atoms with Gasteiger partial charge in [-0.15, -0.1) is 0 Å². The number of aryl methyl sites for hydroxylation is 1. The summed E-state index contributed by atoms with van der Waals surface area (Å²) in [6, 6.07) is 12.2. The molecule has 2 rings (SSSR count). The summed E-state index contributed by atoms with van der Waals surface area (Å²) >= 11 is 0. The second kappa shape index (κ2) is 8.53. The number of nitrogens with one attached hydrogen (secondary N) is 1. The van der Waals surface area contributed by atoms with Crippen molar-refractivity contribution in [1.82, 2.24) is 9.88 Å². The van der Waals surface area contributed by atoms with Crippen molar-refractivity contribution in [2.45, 2.75) is 33.4 Å². The standard InChI is InChI=1S/C18H26N2O/c1-16(2)13-19-14-17-9-11-20(15-17)10-6-12-21-18-7-4-3-5-8-18/h3-5,7-9,11,15-16,19H,6,10,12-14H2,1-2H3. The number of ether oxygens (including phenoxy) is 1. The molecule has 0 spiro atoms. The molecule has 1 N–H and O–H groups in total. The van der Waals surface area contributed by atoms with E-state index < -0.39 is 0 Å². The predicted molar refractivity (Wildman–Crippen MR) is 87.5 cm³/mol. The number of hydrogen-bond donors (Lipinski definition) is 1. The van der Waals surface area contributed by atoms with Gasteiger partial charge in [0.05, 0.1) is 6.61 Å². The molecule has 0 radical (unpaired) electrons. The molecule has 0 atom stereocenters. The quantitative estimate of drug-likeness (QED) is 0.711. The minimum absolute atomic E-state index is 0.697. The second-order valence-corrected chi connectivity index (χ2v) is 5.80. The fourth-order valence-electron chi connectivity index (χ4n) is 2.19. The molecule has 1 heterocycles. The molecule has 1 aromatic carbocycles. The van der Waals surface area contributed by atoms with E-state index in [1.54, 1.807) is 0 Å². The molecule has 0 saturated heterocycles. The summed E-state index contributed by atoms with van der Waals surface area (Å²) in [4.78, 5) is 0. The van der Waals surface area contributed by atoms with Crippen LogP contribution in [0.4, 0.5) is 0 Å². The van der Waals surface area contributed by atoms with Gasteiger partial charge in [0, 0.05) is 25.5 Å². The summed E-state index contributed by atoms with van der Waals surface area (Å²) < 4.78 is 7.94. The second-order valence-electron chi connectivity index (χ2n) is 5.80. The molecule has 114 valence electrons. The molecular weight excluding hydrogens is 260 g/mol. The van der Waals surface area contributed by atoms with Crippen molar-refractivity contribution in [3.05, 3.63) is 54.4 Å². The maximum atomic E-state index is 5.70. The Morgan fingerprint density at radius 2 is 1.95 bits per heavy atom. The average molecular weight is 286 g/mol. The van der Waals surface area contributed by atoms with E-state index in [1.807, 2.05) is 30.3 Å². The van der Waals surface area contributed by atoms with Crippen LogP contribution in [0.15, 0.2) is 48.8 Å². The molecular formula is C18H26N2O. The number of benzene rings is 1. The Hall–Kier alpha value is -1.74. The minimum atomic E-state index is 0.697.